The molecule has 76 valence electrons. The fourth-order valence-corrected chi connectivity index (χ4v) is 0.895. The number of nitrogens with two attached hydrogens (primary N) is 1. The van der Waals surface area contributed by atoms with E-state index in [4.69, 9.17) is 5.73 Å². The highest BCUT2D eigenvalue weighted by Crippen LogP contribution is 1.99. The molecule has 0 saturated carbocycles. The average Bonchev–Trinajstić information content (AvgIpc) is 2.67. The first-order valence-electron chi connectivity index (χ1n) is 4.67. The van der Waals surface area contributed by atoms with Crippen molar-refractivity contribution in [3.63, 3.8) is 0 Å². The zero-order chi connectivity index (χ0) is 10.2. The summed E-state index contributed by atoms with van der Waals surface area (Å²) in [7, 11) is 0. The molecule has 0 amide bonds. The largest absolute Gasteiger partial charge is 0.342 e. The van der Waals surface area contributed by atoms with Gasteiger partial charge in [0.1, 0.15) is 11.8 Å². The predicted molar refractivity (Wildman–Crippen MR) is 55.6 cm³/mol. The van der Waals surface area contributed by atoms with Crippen molar-refractivity contribution in [1.82, 2.24) is 19.9 Å². The summed E-state index contributed by atoms with van der Waals surface area (Å²) in [4.78, 5) is 14.5. The van der Waals surface area contributed by atoms with Gasteiger partial charge in [0.2, 0.25) is 0 Å². The Morgan fingerprint density at radius 3 is 2.86 bits per heavy atom. The van der Waals surface area contributed by atoms with Crippen molar-refractivity contribution in [3.05, 3.63) is 18.9 Å². The zero-order valence-corrected chi connectivity index (χ0v) is 8.27. The lowest BCUT2D eigenvalue weighted by atomic mass is 10.3. The fraction of sp³-hybridized carbons (Fsp3) is 0.444. The van der Waals surface area contributed by atoms with E-state index in [1.807, 2.05) is 0 Å². The molecule has 0 aliphatic heterocycles. The summed E-state index contributed by atoms with van der Waals surface area (Å²) in [5.74, 6) is 0. The van der Waals surface area contributed by atoms with Gasteiger partial charge in [0.05, 0.1) is 12.5 Å². The molecule has 3 N–H and O–H groups in total. The van der Waals surface area contributed by atoms with Crippen molar-refractivity contribution >= 4 is 11.2 Å². The predicted octanol–water partition coefficient (Wildman–Crippen LogP) is 1.10. The van der Waals surface area contributed by atoms with Crippen LogP contribution in [0.15, 0.2) is 18.9 Å². The van der Waals surface area contributed by atoms with E-state index in [-0.39, 0.29) is 0 Å². The molecule has 2 aromatic heterocycles. The second-order valence-electron chi connectivity index (χ2n) is 2.80. The molecule has 0 saturated heterocycles. The highest BCUT2D eigenvalue weighted by Gasteiger charge is 1.91. The second kappa shape index (κ2) is 6.04. The number of H-pyrrole nitrogens is 1. The van der Waals surface area contributed by atoms with Crippen LogP contribution < -0.4 is 5.73 Å². The van der Waals surface area contributed by atoms with Crippen LogP contribution in [0.1, 0.15) is 19.8 Å². The van der Waals surface area contributed by atoms with Gasteiger partial charge >= 0.3 is 0 Å². The molecule has 5 heteroatoms. The molecule has 0 aromatic carbocycles. The number of unbranched alkanes of at least 4 members (excludes halogenated alkanes) is 1. The van der Waals surface area contributed by atoms with Gasteiger partial charge in [-0.15, -0.1) is 0 Å². The third kappa shape index (κ3) is 3.10. The maximum atomic E-state index is 5.14. The maximum Gasteiger partial charge on any atom is 0.180 e. The number of fused-ring (bicyclic) bond motifs is 1. The highest BCUT2D eigenvalue weighted by molar-refractivity contribution is 5.67. The molecule has 0 unspecified atom stereocenters. The van der Waals surface area contributed by atoms with Gasteiger partial charge in [-0.2, -0.15) is 0 Å². The van der Waals surface area contributed by atoms with E-state index in [0.29, 0.717) is 5.65 Å². The lowest BCUT2D eigenvalue weighted by Crippen LogP contribution is -1.95. The molecule has 14 heavy (non-hydrogen) atoms. The number of hydrogen-bond acceptors (Lipinski definition) is 4. The van der Waals surface area contributed by atoms with Gasteiger partial charge in [-0.25, -0.2) is 15.0 Å². The summed E-state index contributed by atoms with van der Waals surface area (Å²) in [6.45, 7) is 2.98. The Morgan fingerprint density at radius 2 is 2.29 bits per heavy atom. The Balaban J connectivity index is 0.000000171. The third-order valence-electron chi connectivity index (χ3n) is 1.66. The van der Waals surface area contributed by atoms with Gasteiger partial charge < -0.3 is 10.7 Å². The van der Waals surface area contributed by atoms with Crippen LogP contribution >= 0.6 is 0 Å². The van der Waals surface area contributed by atoms with Gasteiger partial charge in [0.25, 0.3) is 0 Å². The minimum Gasteiger partial charge on any atom is -0.342 e. The molecule has 0 aliphatic rings. The minimum absolute atomic E-state index is 0.713. The first-order valence-corrected chi connectivity index (χ1v) is 4.67. The summed E-state index contributed by atoms with van der Waals surface area (Å²) < 4.78 is 0. The monoisotopic (exact) mass is 193 g/mol. The van der Waals surface area contributed by atoms with Crippen molar-refractivity contribution in [2.75, 3.05) is 6.54 Å². The third-order valence-corrected chi connectivity index (χ3v) is 1.66. The summed E-state index contributed by atoms with van der Waals surface area (Å²) in [6.07, 6.45) is 7.15. The number of nitrogens with one attached hydrogen (secondary N) is 1. The van der Waals surface area contributed by atoms with Crippen molar-refractivity contribution in [2.45, 2.75) is 19.8 Å². The van der Waals surface area contributed by atoms with Gasteiger partial charge in [-0.3, -0.25) is 0 Å². The fourth-order valence-electron chi connectivity index (χ4n) is 0.895. The standard InChI is InChI=1S/C5H4N4.C4H11N/c1-4-5(8-2-6-1)9-3-7-4;1-2-3-4-5/h1-3H,(H,6,7,8,9);2-5H2,1H3. The second-order valence-corrected chi connectivity index (χ2v) is 2.80. The van der Waals surface area contributed by atoms with Crippen LogP contribution in [0, 0.1) is 0 Å². The summed E-state index contributed by atoms with van der Waals surface area (Å²) in [6, 6.07) is 0. The number of nitrogens with zero attached hydrogens (tertiary/aromatic N) is 3. The van der Waals surface area contributed by atoms with Crippen LogP contribution in [0.25, 0.3) is 11.2 Å². The molecular weight excluding hydrogens is 178 g/mol. The van der Waals surface area contributed by atoms with Crippen LogP contribution in [-0.4, -0.2) is 26.5 Å². The molecule has 0 atom stereocenters. The van der Waals surface area contributed by atoms with Crippen LogP contribution in [0.5, 0.6) is 0 Å². The van der Waals surface area contributed by atoms with Crippen LogP contribution in [0.3, 0.4) is 0 Å². The Bertz CT molecular complexity index is 324. The van der Waals surface area contributed by atoms with Gasteiger partial charge in [-0.05, 0) is 13.0 Å². The van der Waals surface area contributed by atoms with E-state index < -0.39 is 0 Å². The van der Waals surface area contributed by atoms with Crippen LogP contribution in [0.2, 0.25) is 0 Å². The molecule has 0 fully saturated rings. The van der Waals surface area contributed by atoms with E-state index >= 15 is 0 Å². The molecule has 2 rings (SSSR count). The molecule has 2 heterocycles. The van der Waals surface area contributed by atoms with Crippen LogP contribution in [-0.2, 0) is 0 Å². The average molecular weight is 193 g/mol. The lowest BCUT2D eigenvalue weighted by molar-refractivity contribution is 0.807. The molecule has 0 spiro atoms. The highest BCUT2D eigenvalue weighted by atomic mass is 15.0. The van der Waals surface area contributed by atoms with E-state index in [2.05, 4.69) is 26.9 Å². The Morgan fingerprint density at radius 1 is 1.43 bits per heavy atom. The Kier molecular flexibility index (Phi) is 4.57. The van der Waals surface area contributed by atoms with E-state index in [1.54, 1.807) is 12.5 Å². The van der Waals surface area contributed by atoms with Gasteiger partial charge in [0, 0.05) is 0 Å². The van der Waals surface area contributed by atoms with E-state index in [9.17, 15) is 0 Å². The molecule has 5 nitrogen and oxygen atoms in total. The number of aromatic amines is 1. The summed E-state index contributed by atoms with van der Waals surface area (Å²) >= 11 is 0. The van der Waals surface area contributed by atoms with Gasteiger partial charge in [0.15, 0.2) is 5.65 Å². The SMILES string of the molecule is CCCCN.c1ncc2[nH]cnc2n1. The summed E-state index contributed by atoms with van der Waals surface area (Å²) in [5, 5.41) is 0. The lowest BCUT2D eigenvalue weighted by Gasteiger charge is -1.80. The summed E-state index contributed by atoms with van der Waals surface area (Å²) in [5.41, 5.74) is 6.72. The zero-order valence-electron chi connectivity index (χ0n) is 8.27. The number of imidazole rings is 1. The molecule has 0 radical (unpaired) electrons. The topological polar surface area (TPSA) is 80.5 Å². The number of hydrogen-bond donors (Lipinski definition) is 2. The number of rotatable bonds is 2. The molecule has 0 aliphatic carbocycles. The molecular formula is C9H15N5. The van der Waals surface area contributed by atoms with Gasteiger partial charge in [-0.1, -0.05) is 13.3 Å². The quantitative estimate of drug-likeness (QED) is 0.748. The molecule has 2 aromatic rings. The normalized spacial score (nSPS) is 9.57. The van der Waals surface area contributed by atoms with Crippen molar-refractivity contribution in [1.29, 1.82) is 0 Å². The van der Waals surface area contributed by atoms with E-state index in [1.165, 1.54) is 19.2 Å². The van der Waals surface area contributed by atoms with E-state index in [0.717, 1.165) is 12.1 Å². The van der Waals surface area contributed by atoms with Crippen molar-refractivity contribution in [3.8, 4) is 0 Å². The minimum atomic E-state index is 0.713. The van der Waals surface area contributed by atoms with Crippen LogP contribution in [0.4, 0.5) is 0 Å². The smallest absolute Gasteiger partial charge is 0.180 e. The Hall–Kier alpha value is -1.49. The number of aromatic nitrogens is 4. The maximum absolute atomic E-state index is 5.14. The Labute approximate surface area is 82.8 Å². The first-order chi connectivity index (χ1) is 6.88. The van der Waals surface area contributed by atoms with Crippen molar-refractivity contribution < 1.29 is 0 Å². The first kappa shape index (κ1) is 10.6. The van der Waals surface area contributed by atoms with Crippen molar-refractivity contribution in [2.24, 2.45) is 5.73 Å². The molecule has 0 bridgehead atoms.